The Kier molecular flexibility index (Phi) is 27.7. The van der Waals surface area contributed by atoms with Crippen LogP contribution in [0, 0.1) is 11.8 Å². The molecular formula is C45H81N13O11. The van der Waals surface area contributed by atoms with Crippen molar-refractivity contribution in [1.82, 2.24) is 47.0 Å². The van der Waals surface area contributed by atoms with Gasteiger partial charge in [-0.3, -0.25) is 57.8 Å². The molecule has 14 N–H and O–H groups in total. The average Bonchev–Trinajstić information content (AvgIpc) is 3.78. The second-order valence-electron chi connectivity index (χ2n) is 17.8. The molecule has 0 bridgehead atoms. The van der Waals surface area contributed by atoms with E-state index < -0.39 is 113 Å². The summed E-state index contributed by atoms with van der Waals surface area (Å²) >= 11 is 0. The number of imide groups is 1. The summed E-state index contributed by atoms with van der Waals surface area (Å²) in [4.78, 5) is 141. The van der Waals surface area contributed by atoms with E-state index in [1.54, 1.807) is 41.5 Å². The molecule has 1 aliphatic heterocycles. The number of nitrogens with one attached hydrogen (secondary N) is 7. The molecule has 1 heterocycles. The molecule has 10 amide bonds. The maximum Gasteiger partial charge on any atom is 0.252 e. The van der Waals surface area contributed by atoms with Gasteiger partial charge in [0, 0.05) is 33.5 Å². The smallest absolute Gasteiger partial charge is 0.252 e. The zero-order valence-electron chi connectivity index (χ0n) is 42.0. The van der Waals surface area contributed by atoms with Crippen LogP contribution in [0.4, 0.5) is 0 Å². The maximum absolute atomic E-state index is 14.6. The Morgan fingerprint density at radius 2 is 1.35 bits per heavy atom. The van der Waals surface area contributed by atoms with Crippen LogP contribution >= 0.6 is 0 Å². The van der Waals surface area contributed by atoms with E-state index in [2.05, 4.69) is 42.2 Å². The number of nitrogens with two attached hydrogens (primary N) is 3. The SMILES string of the molecule is CCC[C@H](NC(=O)[C@@H](NC(=O)[C@H](NC(=O)[C@@H](NC(=O)CNC(C)=O)C(C)C)[C@@H](C)CC)[C@@H](C)O)C(=O)N(C(C)=O)[C@@H](CCCCN)C(=O)N[C@@H](CCCN=C(N)N)C(=O)N1CCC[C@H]1C(=O)NCC. The van der Waals surface area contributed by atoms with Gasteiger partial charge >= 0.3 is 0 Å². The number of hydrogen-bond donors (Lipinski definition) is 11. The number of unbranched alkanes of at least 4 members (excludes halogenated alkanes) is 1. The highest BCUT2D eigenvalue weighted by atomic mass is 16.3. The average molecular weight is 980 g/mol. The van der Waals surface area contributed by atoms with Crippen molar-refractivity contribution in [2.24, 2.45) is 34.0 Å². The first-order valence-electron chi connectivity index (χ1n) is 24.1. The lowest BCUT2D eigenvalue weighted by molar-refractivity contribution is -0.154. The van der Waals surface area contributed by atoms with Crippen molar-refractivity contribution in [3.05, 3.63) is 0 Å². The number of aliphatic hydroxyl groups excluding tert-OH is 1. The van der Waals surface area contributed by atoms with Crippen LogP contribution in [0.5, 0.6) is 0 Å². The van der Waals surface area contributed by atoms with Crippen LogP contribution in [0.3, 0.4) is 0 Å². The van der Waals surface area contributed by atoms with Gasteiger partial charge in [-0.2, -0.15) is 0 Å². The number of likely N-dealkylation sites (N-methyl/N-ethyl adjacent to an activating group) is 1. The zero-order valence-corrected chi connectivity index (χ0v) is 42.0. The molecule has 0 radical (unpaired) electrons. The highest BCUT2D eigenvalue weighted by Crippen LogP contribution is 2.21. The lowest BCUT2D eigenvalue weighted by Gasteiger charge is -2.34. The Labute approximate surface area is 405 Å². The summed E-state index contributed by atoms with van der Waals surface area (Å²) in [6, 6.07) is -9.05. The molecule has 0 aromatic heterocycles. The Morgan fingerprint density at radius 3 is 1.88 bits per heavy atom. The van der Waals surface area contributed by atoms with Crippen LogP contribution in [-0.2, 0) is 47.9 Å². The fraction of sp³-hybridized carbons (Fsp3) is 0.756. The van der Waals surface area contributed by atoms with Crippen molar-refractivity contribution in [3.63, 3.8) is 0 Å². The molecule has 1 rings (SSSR count). The fourth-order valence-electron chi connectivity index (χ4n) is 7.74. The number of nitrogens with zero attached hydrogens (tertiary/aromatic N) is 3. The molecule has 0 aromatic rings. The van der Waals surface area contributed by atoms with E-state index in [9.17, 15) is 53.1 Å². The maximum atomic E-state index is 14.6. The Balaban J connectivity index is 3.57. The topological polar surface area (TPSA) is 372 Å². The molecule has 9 atom stereocenters. The highest BCUT2D eigenvalue weighted by molar-refractivity contribution is 6.04. The summed E-state index contributed by atoms with van der Waals surface area (Å²) in [5.41, 5.74) is 16.8. The lowest BCUT2D eigenvalue weighted by Crippen LogP contribution is -2.63. The number of guanidine groups is 1. The van der Waals surface area contributed by atoms with Gasteiger partial charge in [0.15, 0.2) is 5.96 Å². The van der Waals surface area contributed by atoms with Gasteiger partial charge in [-0.25, -0.2) is 0 Å². The van der Waals surface area contributed by atoms with Gasteiger partial charge in [-0.1, -0.05) is 47.5 Å². The fourth-order valence-corrected chi connectivity index (χ4v) is 7.74. The number of aliphatic imine (C=N–C) groups is 1. The molecule has 392 valence electrons. The van der Waals surface area contributed by atoms with E-state index in [0.717, 1.165) is 11.8 Å². The van der Waals surface area contributed by atoms with E-state index in [1.165, 1.54) is 18.7 Å². The van der Waals surface area contributed by atoms with Gasteiger partial charge in [0.05, 0.1) is 12.6 Å². The molecule has 24 nitrogen and oxygen atoms in total. The number of carbonyl (C=O) groups excluding carboxylic acids is 10. The molecule has 0 spiro atoms. The van der Waals surface area contributed by atoms with E-state index in [1.807, 2.05) is 0 Å². The number of likely N-dealkylation sites (tertiary alicyclic amines) is 1. The summed E-state index contributed by atoms with van der Waals surface area (Å²) < 4.78 is 0. The van der Waals surface area contributed by atoms with Crippen LogP contribution in [0.15, 0.2) is 4.99 Å². The van der Waals surface area contributed by atoms with Gasteiger partial charge in [0.25, 0.3) is 5.91 Å². The van der Waals surface area contributed by atoms with E-state index >= 15 is 0 Å². The second kappa shape index (κ2) is 31.3. The third-order valence-corrected chi connectivity index (χ3v) is 11.7. The molecule has 0 unspecified atom stereocenters. The predicted molar refractivity (Wildman–Crippen MR) is 257 cm³/mol. The number of aliphatic hydroxyl groups is 1. The van der Waals surface area contributed by atoms with Crippen LogP contribution in [0.2, 0.25) is 0 Å². The predicted octanol–water partition coefficient (Wildman–Crippen LogP) is -2.52. The van der Waals surface area contributed by atoms with Crippen molar-refractivity contribution in [3.8, 4) is 0 Å². The minimum atomic E-state index is -1.69. The summed E-state index contributed by atoms with van der Waals surface area (Å²) in [5.74, 6) is -8.43. The van der Waals surface area contributed by atoms with Gasteiger partial charge in [-0.05, 0) is 83.6 Å². The largest absolute Gasteiger partial charge is 0.391 e. The lowest BCUT2D eigenvalue weighted by atomic mass is 9.95. The minimum Gasteiger partial charge on any atom is -0.391 e. The first-order valence-corrected chi connectivity index (χ1v) is 24.1. The van der Waals surface area contributed by atoms with Gasteiger partial charge in [-0.15, -0.1) is 0 Å². The third-order valence-electron chi connectivity index (χ3n) is 11.7. The summed E-state index contributed by atoms with van der Waals surface area (Å²) in [6.07, 6.45) is 0.860. The molecule has 0 aromatic carbocycles. The van der Waals surface area contributed by atoms with Crippen LogP contribution < -0.4 is 54.4 Å². The monoisotopic (exact) mass is 980 g/mol. The van der Waals surface area contributed by atoms with Crippen molar-refractivity contribution in [1.29, 1.82) is 0 Å². The Morgan fingerprint density at radius 1 is 0.739 bits per heavy atom. The van der Waals surface area contributed by atoms with Gasteiger partial charge < -0.3 is 64.4 Å². The van der Waals surface area contributed by atoms with E-state index in [0.29, 0.717) is 32.2 Å². The zero-order chi connectivity index (χ0) is 52.5. The molecule has 1 aliphatic rings. The van der Waals surface area contributed by atoms with Gasteiger partial charge in [0.2, 0.25) is 53.2 Å². The number of rotatable bonds is 30. The molecule has 1 saturated heterocycles. The molecular weight excluding hydrogens is 899 g/mol. The minimum absolute atomic E-state index is 0.0286. The molecule has 24 heteroatoms. The van der Waals surface area contributed by atoms with Gasteiger partial charge in [0.1, 0.15) is 42.3 Å². The molecule has 69 heavy (non-hydrogen) atoms. The van der Waals surface area contributed by atoms with Crippen molar-refractivity contribution < 1.29 is 53.1 Å². The normalized spacial score (nSPS) is 16.8. The first kappa shape index (κ1) is 61.1. The molecule has 0 aliphatic carbocycles. The Hall–Kier alpha value is -5.91. The standard InChI is InChI=1S/C45H81N13O11/c1-10-17-30(53-42(67)37(27(7)59)56-41(66)36(26(6)11-2)55-40(65)35(25(4)5)54-34(62)24-51-28(8)60)44(69)58(29(9)61)33(19-13-14-21-46)39(64)52-31(18-15-22-50-45(47)48)43(68)57-23-16-20-32(57)38(63)49-12-3/h25-27,30-33,35-37,59H,10-24,46H2,1-9H3,(H,49,63)(H,51,60)(H,52,64)(H,53,67)(H,54,62)(H,55,65)(H,56,66)(H4,47,48,50)/t26-,27+,30-,31-,32-,33-,35-,36+,37-/m0/s1. The summed E-state index contributed by atoms with van der Waals surface area (Å²) in [7, 11) is 0. The van der Waals surface area contributed by atoms with Crippen molar-refractivity contribution in [2.75, 3.05) is 32.7 Å². The summed E-state index contributed by atoms with van der Waals surface area (Å²) in [6.45, 7) is 14.3. The van der Waals surface area contributed by atoms with Crippen molar-refractivity contribution in [2.45, 2.75) is 175 Å². The first-order chi connectivity index (χ1) is 32.5. The molecule has 0 saturated carbocycles. The Bertz CT molecular complexity index is 1790. The van der Waals surface area contributed by atoms with Crippen molar-refractivity contribution >= 4 is 65.0 Å². The second-order valence-corrected chi connectivity index (χ2v) is 17.8. The van der Waals surface area contributed by atoms with E-state index in [-0.39, 0.29) is 76.6 Å². The number of hydrogen-bond acceptors (Lipinski definition) is 13. The third kappa shape index (κ3) is 20.3. The highest BCUT2D eigenvalue weighted by Gasteiger charge is 2.42. The number of carbonyl (C=O) groups is 10. The van der Waals surface area contributed by atoms with E-state index in [4.69, 9.17) is 17.2 Å². The van der Waals surface area contributed by atoms with Crippen LogP contribution in [0.25, 0.3) is 0 Å². The van der Waals surface area contributed by atoms with Crippen LogP contribution in [-0.4, -0.2) is 161 Å². The van der Waals surface area contributed by atoms with Crippen LogP contribution in [0.1, 0.15) is 127 Å². The molecule has 1 fully saturated rings. The quantitative estimate of drug-likeness (QED) is 0.0201. The number of amides is 10. The summed E-state index contributed by atoms with van der Waals surface area (Å²) in [5, 5.41) is 28.9.